The minimum absolute atomic E-state index is 0.0236. The van der Waals surface area contributed by atoms with Crippen LogP contribution in [0.5, 0.6) is 0 Å². The first-order valence-electron chi connectivity index (χ1n) is 5.80. The Hall–Kier alpha value is -1.73. The summed E-state index contributed by atoms with van der Waals surface area (Å²) in [6.07, 6.45) is 2.52. The molecule has 0 bridgehead atoms. The molecule has 1 atom stereocenters. The maximum Gasteiger partial charge on any atom is 0.300 e. The van der Waals surface area contributed by atoms with E-state index in [2.05, 4.69) is 10.3 Å². The summed E-state index contributed by atoms with van der Waals surface area (Å²) in [5, 5.41) is 13.5. The number of pyridine rings is 1. The van der Waals surface area contributed by atoms with E-state index in [9.17, 15) is 14.9 Å². The molecular weight excluding hydrogens is 272 g/mol. The number of nitrogens with one attached hydrogen (secondary N) is 1. The molecule has 0 aromatic carbocycles. The minimum atomic E-state index is -0.671. The molecule has 104 valence electrons. The SMILES string of the molecule is CCCC(CN)NC(=O)c1cc(Cl)ncc1[N+](=O)[O-]. The predicted octanol–water partition coefficient (Wildman–Crippen LogP) is 1.50. The first-order chi connectivity index (χ1) is 8.99. The van der Waals surface area contributed by atoms with E-state index in [0.29, 0.717) is 6.42 Å². The van der Waals surface area contributed by atoms with Crippen molar-refractivity contribution in [3.63, 3.8) is 0 Å². The molecule has 8 heteroatoms. The number of hydrogen-bond acceptors (Lipinski definition) is 5. The van der Waals surface area contributed by atoms with Gasteiger partial charge in [-0.3, -0.25) is 14.9 Å². The van der Waals surface area contributed by atoms with Gasteiger partial charge in [0.25, 0.3) is 11.6 Å². The van der Waals surface area contributed by atoms with Crippen molar-refractivity contribution in [2.75, 3.05) is 6.54 Å². The Bertz CT molecular complexity index is 481. The molecule has 0 radical (unpaired) electrons. The molecule has 1 rings (SSSR count). The molecule has 7 nitrogen and oxygen atoms in total. The Labute approximate surface area is 115 Å². The monoisotopic (exact) mass is 286 g/mol. The third-order valence-electron chi connectivity index (χ3n) is 2.55. The average molecular weight is 287 g/mol. The maximum absolute atomic E-state index is 12.0. The van der Waals surface area contributed by atoms with Gasteiger partial charge < -0.3 is 11.1 Å². The van der Waals surface area contributed by atoms with Crippen LogP contribution < -0.4 is 11.1 Å². The molecule has 0 aliphatic heterocycles. The van der Waals surface area contributed by atoms with Crippen LogP contribution in [0.4, 0.5) is 5.69 Å². The molecule has 0 aliphatic rings. The van der Waals surface area contributed by atoms with E-state index in [4.69, 9.17) is 17.3 Å². The number of hydrogen-bond donors (Lipinski definition) is 2. The number of carbonyl (C=O) groups is 1. The average Bonchev–Trinajstić information content (AvgIpc) is 2.37. The highest BCUT2D eigenvalue weighted by atomic mass is 35.5. The third kappa shape index (κ3) is 4.15. The van der Waals surface area contributed by atoms with Crippen LogP contribution in [0.2, 0.25) is 5.15 Å². The van der Waals surface area contributed by atoms with Crippen molar-refractivity contribution in [1.29, 1.82) is 0 Å². The molecule has 0 saturated carbocycles. The van der Waals surface area contributed by atoms with E-state index in [1.54, 1.807) is 0 Å². The Morgan fingerprint density at radius 3 is 2.89 bits per heavy atom. The van der Waals surface area contributed by atoms with Crippen molar-refractivity contribution in [2.45, 2.75) is 25.8 Å². The zero-order valence-corrected chi connectivity index (χ0v) is 11.2. The normalized spacial score (nSPS) is 11.9. The molecule has 1 heterocycles. The molecule has 1 amide bonds. The number of rotatable bonds is 6. The third-order valence-corrected chi connectivity index (χ3v) is 2.75. The predicted molar refractivity (Wildman–Crippen MR) is 71.1 cm³/mol. The van der Waals surface area contributed by atoms with E-state index < -0.39 is 10.8 Å². The molecule has 0 spiro atoms. The number of amides is 1. The topological polar surface area (TPSA) is 111 Å². The van der Waals surface area contributed by atoms with Crippen LogP contribution in [0.1, 0.15) is 30.1 Å². The Kier molecular flexibility index (Phi) is 5.65. The van der Waals surface area contributed by atoms with E-state index in [1.807, 2.05) is 6.92 Å². The van der Waals surface area contributed by atoms with Gasteiger partial charge in [-0.15, -0.1) is 0 Å². The Balaban J connectivity index is 2.98. The van der Waals surface area contributed by atoms with Crippen molar-refractivity contribution in [3.05, 3.63) is 33.1 Å². The summed E-state index contributed by atoms with van der Waals surface area (Å²) < 4.78 is 0. The van der Waals surface area contributed by atoms with Crippen molar-refractivity contribution in [3.8, 4) is 0 Å². The van der Waals surface area contributed by atoms with E-state index in [1.165, 1.54) is 6.07 Å². The standard InChI is InChI=1S/C11H15ClN4O3/c1-2-3-7(5-13)15-11(17)8-4-10(12)14-6-9(8)16(18)19/h4,6-7H,2-3,5,13H2,1H3,(H,15,17). The molecular formula is C11H15ClN4O3. The van der Waals surface area contributed by atoms with Crippen molar-refractivity contribution in [1.82, 2.24) is 10.3 Å². The summed E-state index contributed by atoms with van der Waals surface area (Å²) in [6.45, 7) is 2.23. The quantitative estimate of drug-likeness (QED) is 0.467. The zero-order chi connectivity index (χ0) is 14.4. The summed E-state index contributed by atoms with van der Waals surface area (Å²) in [5.74, 6) is -0.570. The molecule has 3 N–H and O–H groups in total. The van der Waals surface area contributed by atoms with Crippen LogP contribution in [0, 0.1) is 10.1 Å². The highest BCUT2D eigenvalue weighted by Crippen LogP contribution is 2.20. The second-order valence-corrected chi connectivity index (χ2v) is 4.36. The maximum atomic E-state index is 12.0. The summed E-state index contributed by atoms with van der Waals surface area (Å²) in [5.41, 5.74) is 5.03. The highest BCUT2D eigenvalue weighted by Gasteiger charge is 2.22. The molecule has 0 fully saturated rings. The lowest BCUT2D eigenvalue weighted by Crippen LogP contribution is -2.40. The van der Waals surface area contributed by atoms with Crippen LogP contribution in [-0.2, 0) is 0 Å². The summed E-state index contributed by atoms with van der Waals surface area (Å²) in [6, 6.07) is 0.957. The van der Waals surface area contributed by atoms with Gasteiger partial charge >= 0.3 is 0 Å². The summed E-state index contributed by atoms with van der Waals surface area (Å²) in [7, 11) is 0. The second kappa shape index (κ2) is 7.01. The van der Waals surface area contributed by atoms with Gasteiger partial charge in [0.15, 0.2) is 0 Å². The van der Waals surface area contributed by atoms with Gasteiger partial charge in [-0.1, -0.05) is 24.9 Å². The lowest BCUT2D eigenvalue weighted by atomic mass is 10.1. The fourth-order valence-corrected chi connectivity index (χ4v) is 1.77. The lowest BCUT2D eigenvalue weighted by Gasteiger charge is -2.15. The van der Waals surface area contributed by atoms with Gasteiger partial charge in [0.05, 0.1) is 4.92 Å². The molecule has 1 unspecified atom stereocenters. The summed E-state index contributed by atoms with van der Waals surface area (Å²) >= 11 is 5.66. The smallest absolute Gasteiger partial charge is 0.300 e. The molecule has 0 aliphatic carbocycles. The van der Waals surface area contributed by atoms with E-state index >= 15 is 0 Å². The van der Waals surface area contributed by atoms with Crippen LogP contribution >= 0.6 is 11.6 Å². The van der Waals surface area contributed by atoms with Crippen LogP contribution in [-0.4, -0.2) is 28.4 Å². The molecule has 0 saturated heterocycles. The Morgan fingerprint density at radius 1 is 1.68 bits per heavy atom. The molecule has 1 aromatic heterocycles. The summed E-state index contributed by atoms with van der Waals surface area (Å²) in [4.78, 5) is 25.8. The van der Waals surface area contributed by atoms with Gasteiger partial charge in [0, 0.05) is 12.6 Å². The van der Waals surface area contributed by atoms with Gasteiger partial charge in [0.1, 0.15) is 16.9 Å². The Morgan fingerprint density at radius 2 is 2.37 bits per heavy atom. The zero-order valence-electron chi connectivity index (χ0n) is 10.4. The van der Waals surface area contributed by atoms with Gasteiger partial charge in [0.2, 0.25) is 0 Å². The number of carbonyl (C=O) groups excluding carboxylic acids is 1. The van der Waals surface area contributed by atoms with E-state index in [0.717, 1.165) is 12.6 Å². The van der Waals surface area contributed by atoms with E-state index in [-0.39, 0.29) is 29.0 Å². The van der Waals surface area contributed by atoms with Crippen molar-refractivity contribution < 1.29 is 9.72 Å². The van der Waals surface area contributed by atoms with Gasteiger partial charge in [-0.25, -0.2) is 4.98 Å². The van der Waals surface area contributed by atoms with Crippen LogP contribution in [0.15, 0.2) is 12.3 Å². The first-order valence-corrected chi connectivity index (χ1v) is 6.18. The minimum Gasteiger partial charge on any atom is -0.348 e. The number of aromatic nitrogens is 1. The van der Waals surface area contributed by atoms with Gasteiger partial charge in [-0.2, -0.15) is 0 Å². The fraction of sp³-hybridized carbons (Fsp3) is 0.455. The van der Waals surface area contributed by atoms with Crippen molar-refractivity contribution in [2.24, 2.45) is 5.73 Å². The largest absolute Gasteiger partial charge is 0.348 e. The number of nitrogens with zero attached hydrogens (tertiary/aromatic N) is 2. The second-order valence-electron chi connectivity index (χ2n) is 3.98. The lowest BCUT2D eigenvalue weighted by molar-refractivity contribution is -0.385. The number of nitrogens with two attached hydrogens (primary N) is 1. The fourth-order valence-electron chi connectivity index (χ4n) is 1.61. The number of halogens is 1. The van der Waals surface area contributed by atoms with Crippen LogP contribution in [0.3, 0.4) is 0 Å². The molecule has 1 aromatic rings. The van der Waals surface area contributed by atoms with Gasteiger partial charge in [-0.05, 0) is 12.5 Å². The molecule has 19 heavy (non-hydrogen) atoms. The first kappa shape index (κ1) is 15.3. The van der Waals surface area contributed by atoms with Crippen molar-refractivity contribution >= 4 is 23.2 Å². The van der Waals surface area contributed by atoms with Crippen LogP contribution in [0.25, 0.3) is 0 Å². The number of nitro groups is 1. The highest BCUT2D eigenvalue weighted by molar-refractivity contribution is 6.29.